The van der Waals surface area contributed by atoms with Crippen LogP contribution in [0.3, 0.4) is 0 Å². The van der Waals surface area contributed by atoms with Gasteiger partial charge in [0.25, 0.3) is 5.91 Å². The number of aliphatic carboxylic acids is 1. The first-order valence-corrected chi connectivity index (χ1v) is 4.18. The van der Waals surface area contributed by atoms with Crippen LogP contribution in [0, 0.1) is 0 Å². The second-order valence-electron chi connectivity index (χ2n) is 2.82. The van der Waals surface area contributed by atoms with Crippen molar-refractivity contribution >= 4 is 18.2 Å². The minimum absolute atomic E-state index is 0.321. The third-order valence-corrected chi connectivity index (χ3v) is 1.71. The van der Waals surface area contributed by atoms with E-state index in [1.807, 2.05) is 0 Å². The number of nitrogens with one attached hydrogen (secondary N) is 1. The van der Waals surface area contributed by atoms with Crippen LogP contribution in [-0.2, 0) is 4.79 Å². The van der Waals surface area contributed by atoms with Gasteiger partial charge in [-0.3, -0.25) is 14.4 Å². The monoisotopic (exact) mass is 207 g/mol. The average Bonchev–Trinajstić information content (AvgIpc) is 2.26. The largest absolute Gasteiger partial charge is 0.480 e. The summed E-state index contributed by atoms with van der Waals surface area (Å²) >= 11 is 0. The summed E-state index contributed by atoms with van der Waals surface area (Å²) in [5, 5.41) is 10.5. The Balaban J connectivity index is 2.66. The molecule has 0 saturated heterocycles. The van der Waals surface area contributed by atoms with Crippen molar-refractivity contribution in [1.82, 2.24) is 5.32 Å². The molecule has 5 nitrogen and oxygen atoms in total. The fourth-order valence-corrected chi connectivity index (χ4v) is 0.971. The molecule has 15 heavy (non-hydrogen) atoms. The Morgan fingerprint density at radius 3 is 2.33 bits per heavy atom. The van der Waals surface area contributed by atoms with Crippen LogP contribution in [0.1, 0.15) is 20.7 Å². The second-order valence-corrected chi connectivity index (χ2v) is 2.82. The Kier molecular flexibility index (Phi) is 3.56. The topological polar surface area (TPSA) is 83.5 Å². The fraction of sp³-hybridized carbons (Fsp3) is 0.100. The Bertz CT molecular complexity index is 383. The molecule has 0 fully saturated rings. The molecular weight excluding hydrogens is 198 g/mol. The number of amides is 1. The predicted molar refractivity (Wildman–Crippen MR) is 51.8 cm³/mol. The summed E-state index contributed by atoms with van der Waals surface area (Å²) in [5.41, 5.74) is 0.784. The van der Waals surface area contributed by atoms with Crippen molar-refractivity contribution < 1.29 is 19.5 Å². The molecule has 1 amide bonds. The highest BCUT2D eigenvalue weighted by atomic mass is 16.4. The molecule has 0 radical (unpaired) electrons. The molecule has 0 aliphatic heterocycles. The SMILES string of the molecule is O=Cc1ccc(C(=O)NCC(=O)O)cc1. The summed E-state index contributed by atoms with van der Waals surface area (Å²) in [5.74, 6) is -1.58. The van der Waals surface area contributed by atoms with E-state index in [4.69, 9.17) is 5.11 Å². The molecule has 0 heterocycles. The molecule has 0 atom stereocenters. The quantitative estimate of drug-likeness (QED) is 0.696. The van der Waals surface area contributed by atoms with Gasteiger partial charge in [-0.15, -0.1) is 0 Å². The van der Waals surface area contributed by atoms with Crippen LogP contribution >= 0.6 is 0 Å². The summed E-state index contributed by atoms with van der Waals surface area (Å²) < 4.78 is 0. The zero-order chi connectivity index (χ0) is 11.3. The molecular formula is C10H9NO4. The molecule has 0 aromatic heterocycles. The predicted octanol–water partition coefficient (Wildman–Crippen LogP) is 0.313. The van der Waals surface area contributed by atoms with Crippen molar-refractivity contribution in [2.75, 3.05) is 6.54 Å². The maximum Gasteiger partial charge on any atom is 0.322 e. The van der Waals surface area contributed by atoms with E-state index < -0.39 is 18.4 Å². The summed E-state index contributed by atoms with van der Waals surface area (Å²) in [6, 6.07) is 5.90. The van der Waals surface area contributed by atoms with Crippen molar-refractivity contribution in [3.63, 3.8) is 0 Å². The van der Waals surface area contributed by atoms with Gasteiger partial charge in [-0.05, 0) is 12.1 Å². The lowest BCUT2D eigenvalue weighted by atomic mass is 10.1. The van der Waals surface area contributed by atoms with E-state index in [0.717, 1.165) is 0 Å². The molecule has 1 rings (SSSR count). The number of hydrogen-bond donors (Lipinski definition) is 2. The molecule has 1 aromatic carbocycles. The second kappa shape index (κ2) is 4.90. The van der Waals surface area contributed by atoms with E-state index in [-0.39, 0.29) is 0 Å². The van der Waals surface area contributed by atoms with E-state index in [1.165, 1.54) is 24.3 Å². The van der Waals surface area contributed by atoms with Gasteiger partial charge in [-0.2, -0.15) is 0 Å². The molecule has 0 aliphatic rings. The van der Waals surface area contributed by atoms with Crippen molar-refractivity contribution in [3.8, 4) is 0 Å². The molecule has 78 valence electrons. The lowest BCUT2D eigenvalue weighted by Crippen LogP contribution is -2.29. The number of hydrogen-bond acceptors (Lipinski definition) is 3. The summed E-state index contributed by atoms with van der Waals surface area (Å²) in [6.07, 6.45) is 0.666. The van der Waals surface area contributed by atoms with Crippen LogP contribution in [0.5, 0.6) is 0 Å². The average molecular weight is 207 g/mol. The van der Waals surface area contributed by atoms with E-state index in [1.54, 1.807) is 0 Å². The lowest BCUT2D eigenvalue weighted by Gasteiger charge is -2.01. The van der Waals surface area contributed by atoms with E-state index in [0.29, 0.717) is 17.4 Å². The Morgan fingerprint density at radius 2 is 1.87 bits per heavy atom. The number of carbonyl (C=O) groups is 3. The van der Waals surface area contributed by atoms with E-state index in [9.17, 15) is 14.4 Å². The third-order valence-electron chi connectivity index (χ3n) is 1.71. The molecule has 0 unspecified atom stereocenters. The highest BCUT2D eigenvalue weighted by molar-refractivity contribution is 5.96. The summed E-state index contributed by atoms with van der Waals surface area (Å²) in [7, 11) is 0. The number of aldehydes is 1. The number of rotatable bonds is 4. The molecule has 1 aromatic rings. The van der Waals surface area contributed by atoms with Crippen molar-refractivity contribution in [3.05, 3.63) is 35.4 Å². The van der Waals surface area contributed by atoms with Crippen LogP contribution in [0.2, 0.25) is 0 Å². The maximum atomic E-state index is 11.3. The molecule has 5 heteroatoms. The number of benzene rings is 1. The normalized spacial score (nSPS) is 9.33. The lowest BCUT2D eigenvalue weighted by molar-refractivity contribution is -0.135. The Morgan fingerprint density at radius 1 is 1.27 bits per heavy atom. The van der Waals surface area contributed by atoms with Crippen molar-refractivity contribution in [2.24, 2.45) is 0 Å². The molecule has 0 spiro atoms. The third kappa shape index (κ3) is 3.22. The maximum absolute atomic E-state index is 11.3. The van der Waals surface area contributed by atoms with Crippen LogP contribution < -0.4 is 5.32 Å². The smallest absolute Gasteiger partial charge is 0.322 e. The minimum Gasteiger partial charge on any atom is -0.480 e. The number of carboxylic acids is 1. The van der Waals surface area contributed by atoms with Gasteiger partial charge in [0.1, 0.15) is 12.8 Å². The highest BCUT2D eigenvalue weighted by Crippen LogP contribution is 2.01. The van der Waals surface area contributed by atoms with Crippen LogP contribution in [-0.4, -0.2) is 29.8 Å². The van der Waals surface area contributed by atoms with Crippen molar-refractivity contribution in [1.29, 1.82) is 0 Å². The first-order chi connectivity index (χ1) is 7.13. The Labute approximate surface area is 85.7 Å². The Hall–Kier alpha value is -2.17. The number of carbonyl (C=O) groups excluding carboxylic acids is 2. The van der Waals surface area contributed by atoms with Gasteiger partial charge < -0.3 is 10.4 Å². The molecule has 0 bridgehead atoms. The zero-order valence-corrected chi connectivity index (χ0v) is 7.77. The first kappa shape index (κ1) is 10.9. The van der Waals surface area contributed by atoms with Crippen LogP contribution in [0.15, 0.2) is 24.3 Å². The van der Waals surface area contributed by atoms with Crippen molar-refractivity contribution in [2.45, 2.75) is 0 Å². The fourth-order valence-electron chi connectivity index (χ4n) is 0.971. The minimum atomic E-state index is -1.10. The summed E-state index contributed by atoms with van der Waals surface area (Å²) in [4.78, 5) is 31.8. The first-order valence-electron chi connectivity index (χ1n) is 4.18. The van der Waals surface area contributed by atoms with Gasteiger partial charge >= 0.3 is 5.97 Å². The van der Waals surface area contributed by atoms with Gasteiger partial charge in [-0.1, -0.05) is 12.1 Å². The zero-order valence-electron chi connectivity index (χ0n) is 7.77. The molecule has 0 aliphatic carbocycles. The molecule has 0 saturated carbocycles. The van der Waals surface area contributed by atoms with Gasteiger partial charge in [0.05, 0.1) is 0 Å². The van der Waals surface area contributed by atoms with Gasteiger partial charge in [0.15, 0.2) is 0 Å². The van der Waals surface area contributed by atoms with Gasteiger partial charge in [0, 0.05) is 11.1 Å². The van der Waals surface area contributed by atoms with Crippen LogP contribution in [0.4, 0.5) is 0 Å². The standard InChI is InChI=1S/C10H9NO4/c12-6-7-1-3-8(4-2-7)10(15)11-5-9(13)14/h1-4,6H,5H2,(H,11,15)(H,13,14). The number of carboxylic acid groups (broad SMARTS) is 1. The van der Waals surface area contributed by atoms with E-state index >= 15 is 0 Å². The summed E-state index contributed by atoms with van der Waals surface area (Å²) in [6.45, 7) is -0.422. The van der Waals surface area contributed by atoms with Gasteiger partial charge in [0.2, 0.25) is 0 Å². The van der Waals surface area contributed by atoms with E-state index in [2.05, 4.69) is 5.32 Å². The highest BCUT2D eigenvalue weighted by Gasteiger charge is 2.06. The van der Waals surface area contributed by atoms with Crippen LogP contribution in [0.25, 0.3) is 0 Å². The molecule has 2 N–H and O–H groups in total. The van der Waals surface area contributed by atoms with Gasteiger partial charge in [-0.25, -0.2) is 0 Å².